The smallest absolute Gasteiger partial charge is 0.420 e. The number of benzene rings is 2. The van der Waals surface area contributed by atoms with Gasteiger partial charge in [-0.3, -0.25) is 9.36 Å². The number of aromatic amines is 1. The Morgan fingerprint density at radius 1 is 1.02 bits per heavy atom. The fourth-order valence-corrected chi connectivity index (χ4v) is 6.07. The van der Waals surface area contributed by atoms with Gasteiger partial charge in [-0.2, -0.15) is 23.4 Å². The topological polar surface area (TPSA) is 133 Å². The first-order valence-corrected chi connectivity index (χ1v) is 14.3. The molecule has 3 aromatic heterocycles. The molecule has 16 heteroatoms. The molecule has 2 N–H and O–H groups in total. The third kappa shape index (κ3) is 5.47. The summed E-state index contributed by atoms with van der Waals surface area (Å²) >= 11 is 0. The van der Waals surface area contributed by atoms with E-state index in [1.54, 1.807) is 0 Å². The van der Waals surface area contributed by atoms with Crippen LogP contribution in [0.5, 0.6) is 11.8 Å². The highest BCUT2D eigenvalue weighted by atomic mass is 19.4. The second-order valence-electron chi connectivity index (χ2n) is 10.8. The number of carbonyl (C=O) groups excluding carboxylic acids is 1. The molecule has 11 nitrogen and oxygen atoms in total. The Hall–Kier alpha value is -5.15. The number of rotatable bonds is 7. The monoisotopic (exact) mass is 642 g/mol. The molecule has 0 radical (unpaired) electrons. The van der Waals surface area contributed by atoms with Crippen molar-refractivity contribution in [3.8, 4) is 40.2 Å². The number of amides is 1. The molecule has 46 heavy (non-hydrogen) atoms. The van der Waals surface area contributed by atoms with Crippen LogP contribution in [0.15, 0.2) is 30.3 Å². The van der Waals surface area contributed by atoms with Gasteiger partial charge in [0.15, 0.2) is 17.5 Å². The van der Waals surface area contributed by atoms with Crippen molar-refractivity contribution < 1.29 is 36.2 Å². The van der Waals surface area contributed by atoms with E-state index in [0.717, 1.165) is 42.9 Å². The van der Waals surface area contributed by atoms with Crippen molar-refractivity contribution in [1.82, 2.24) is 35.2 Å². The second-order valence-corrected chi connectivity index (χ2v) is 10.8. The van der Waals surface area contributed by atoms with Gasteiger partial charge in [-0.25, -0.2) is 13.8 Å². The van der Waals surface area contributed by atoms with Gasteiger partial charge in [0.2, 0.25) is 23.5 Å². The van der Waals surface area contributed by atoms with Gasteiger partial charge in [-0.05, 0) is 41.7 Å². The van der Waals surface area contributed by atoms with Crippen molar-refractivity contribution in [3.63, 3.8) is 0 Å². The van der Waals surface area contributed by atoms with Crippen LogP contribution in [-0.2, 0) is 11.0 Å². The number of alkyl halides is 3. The van der Waals surface area contributed by atoms with Crippen molar-refractivity contribution in [3.05, 3.63) is 53.1 Å². The van der Waals surface area contributed by atoms with Gasteiger partial charge in [-0.1, -0.05) is 19.3 Å². The fourth-order valence-electron chi connectivity index (χ4n) is 6.07. The molecule has 1 aliphatic carbocycles. The molecule has 2 aromatic carbocycles. The van der Waals surface area contributed by atoms with E-state index in [9.17, 15) is 13.6 Å². The summed E-state index contributed by atoms with van der Waals surface area (Å²) in [5.41, 5.74) is -2.32. The summed E-state index contributed by atoms with van der Waals surface area (Å²) in [5.74, 6) is -3.90. The summed E-state index contributed by atoms with van der Waals surface area (Å²) in [6.45, 7) is 1.09. The first-order chi connectivity index (χ1) is 22.0. The molecule has 0 unspecified atom stereocenters. The van der Waals surface area contributed by atoms with E-state index < -0.39 is 40.7 Å². The van der Waals surface area contributed by atoms with Crippen LogP contribution in [0.4, 0.5) is 27.6 Å². The fraction of sp³-hybridized carbons (Fsp3) is 0.333. The third-order valence-corrected chi connectivity index (χ3v) is 7.94. The quantitative estimate of drug-likeness (QED) is 0.190. The van der Waals surface area contributed by atoms with Crippen molar-refractivity contribution in [2.75, 3.05) is 19.5 Å². The SMILES string of the molecule is COc1ccc(-c2nc3cc(F)c(F)cc3n2-c2c(-c3nn[nH]n3)c(C3CCCCC3)cc(NC(C)=O)c2C(F)(F)F)c(OC)n1. The number of carbonyl (C=O) groups is 1. The highest BCUT2D eigenvalue weighted by Crippen LogP contribution is 2.50. The standard InChI is InChI=1S/C30H27F5N8O3/c1-14(44)36-21-11-17(15-7-5-4-6-8-15)24(27-39-41-42-40-27)26(25(21)30(33,34)35)43-22-13-19(32)18(31)12-20(22)37-28(43)16-9-10-23(45-2)38-29(16)46-3/h9-13,15H,4-8H2,1-3H3,(H,36,44)(H,39,40,41,42). The van der Waals surface area contributed by atoms with Crippen LogP contribution in [0.25, 0.3) is 39.5 Å². The van der Waals surface area contributed by atoms with Crippen molar-refractivity contribution in [1.29, 1.82) is 0 Å². The number of pyridine rings is 1. The molecule has 3 heterocycles. The van der Waals surface area contributed by atoms with E-state index in [0.29, 0.717) is 18.4 Å². The minimum atomic E-state index is -5.11. The molecule has 1 fully saturated rings. The molecule has 0 spiro atoms. The Labute approximate surface area is 258 Å². The number of aromatic nitrogens is 7. The molecule has 0 saturated heterocycles. The van der Waals surface area contributed by atoms with E-state index in [2.05, 4.69) is 35.9 Å². The number of nitrogens with zero attached hydrogens (tertiary/aromatic N) is 6. The van der Waals surface area contributed by atoms with Crippen molar-refractivity contribution in [2.24, 2.45) is 0 Å². The molecular formula is C30H27F5N8O3. The van der Waals surface area contributed by atoms with E-state index in [-0.39, 0.29) is 51.5 Å². The molecule has 0 atom stereocenters. The molecule has 0 bridgehead atoms. The maximum absolute atomic E-state index is 15.4. The van der Waals surface area contributed by atoms with Gasteiger partial charge in [-0.15, -0.1) is 10.2 Å². The van der Waals surface area contributed by atoms with Crippen molar-refractivity contribution >= 4 is 22.6 Å². The van der Waals surface area contributed by atoms with Crippen LogP contribution in [0.1, 0.15) is 56.1 Å². The zero-order valence-corrected chi connectivity index (χ0v) is 24.8. The molecule has 240 valence electrons. The molecule has 1 aliphatic rings. The number of H-pyrrole nitrogens is 1. The highest BCUT2D eigenvalue weighted by Gasteiger charge is 2.42. The Balaban J connectivity index is 1.85. The first kappa shape index (κ1) is 30.9. The lowest BCUT2D eigenvalue weighted by molar-refractivity contribution is -0.136. The number of methoxy groups -OCH3 is 2. The molecule has 5 aromatic rings. The van der Waals surface area contributed by atoms with Gasteiger partial charge >= 0.3 is 6.18 Å². The second kappa shape index (κ2) is 12.0. The maximum atomic E-state index is 15.4. The van der Waals surface area contributed by atoms with Gasteiger partial charge in [0.05, 0.1) is 47.8 Å². The van der Waals surface area contributed by atoms with Crippen LogP contribution in [0, 0.1) is 11.6 Å². The Morgan fingerprint density at radius 2 is 1.76 bits per heavy atom. The van der Waals surface area contributed by atoms with Crippen LogP contribution in [0.2, 0.25) is 0 Å². The molecular weight excluding hydrogens is 615 g/mol. The summed E-state index contributed by atoms with van der Waals surface area (Å²) in [6.07, 6.45) is -1.23. The summed E-state index contributed by atoms with van der Waals surface area (Å²) in [4.78, 5) is 21.1. The lowest BCUT2D eigenvalue weighted by atomic mass is 9.80. The summed E-state index contributed by atoms with van der Waals surface area (Å²) < 4.78 is 87.5. The highest BCUT2D eigenvalue weighted by molar-refractivity contribution is 5.95. The number of hydrogen-bond donors (Lipinski definition) is 2. The van der Waals surface area contributed by atoms with Gasteiger partial charge in [0, 0.05) is 25.1 Å². The van der Waals surface area contributed by atoms with Crippen LogP contribution >= 0.6 is 0 Å². The first-order valence-electron chi connectivity index (χ1n) is 14.3. The Morgan fingerprint density at radius 3 is 2.39 bits per heavy atom. The summed E-state index contributed by atoms with van der Waals surface area (Å²) in [5, 5.41) is 16.4. The largest absolute Gasteiger partial charge is 0.481 e. The predicted octanol–water partition coefficient (Wildman–Crippen LogP) is 6.59. The van der Waals surface area contributed by atoms with Gasteiger partial charge in [0.1, 0.15) is 5.56 Å². The van der Waals surface area contributed by atoms with E-state index in [4.69, 9.17) is 9.47 Å². The predicted molar refractivity (Wildman–Crippen MR) is 156 cm³/mol. The minimum Gasteiger partial charge on any atom is -0.481 e. The Kier molecular flexibility index (Phi) is 8.04. The number of tetrazole rings is 1. The number of anilines is 1. The van der Waals surface area contributed by atoms with Crippen LogP contribution < -0.4 is 14.8 Å². The number of imidazole rings is 1. The zero-order chi connectivity index (χ0) is 32.7. The number of fused-ring (bicyclic) bond motifs is 1. The van der Waals surface area contributed by atoms with E-state index >= 15 is 13.2 Å². The van der Waals surface area contributed by atoms with Crippen molar-refractivity contribution in [2.45, 2.75) is 51.1 Å². The summed E-state index contributed by atoms with van der Waals surface area (Å²) in [7, 11) is 2.66. The van der Waals surface area contributed by atoms with Crippen LogP contribution in [0.3, 0.4) is 0 Å². The lowest BCUT2D eigenvalue weighted by Gasteiger charge is -2.29. The number of hydrogen-bond acceptors (Lipinski definition) is 8. The number of nitrogens with one attached hydrogen (secondary N) is 2. The van der Waals surface area contributed by atoms with Crippen LogP contribution in [-0.4, -0.2) is 55.3 Å². The summed E-state index contributed by atoms with van der Waals surface area (Å²) in [6, 6.07) is 5.74. The van der Waals surface area contributed by atoms with Gasteiger partial charge < -0.3 is 14.8 Å². The molecule has 1 amide bonds. The van der Waals surface area contributed by atoms with E-state index in [1.807, 2.05) is 0 Å². The minimum absolute atomic E-state index is 0.0622. The third-order valence-electron chi connectivity index (χ3n) is 7.94. The maximum Gasteiger partial charge on any atom is 0.420 e. The zero-order valence-electron chi connectivity index (χ0n) is 24.8. The molecule has 1 saturated carbocycles. The average Bonchev–Trinajstić information content (AvgIpc) is 3.68. The molecule has 6 rings (SSSR count). The number of ether oxygens (including phenoxy) is 2. The Bertz CT molecular complexity index is 1940. The average molecular weight is 643 g/mol. The number of halogens is 5. The normalized spacial score (nSPS) is 14.1. The van der Waals surface area contributed by atoms with Gasteiger partial charge in [0.25, 0.3) is 0 Å². The van der Waals surface area contributed by atoms with E-state index in [1.165, 1.54) is 32.4 Å². The lowest BCUT2D eigenvalue weighted by Crippen LogP contribution is -2.21. The molecule has 0 aliphatic heterocycles.